The lowest BCUT2D eigenvalue weighted by Crippen LogP contribution is -2.27. The van der Waals surface area contributed by atoms with Crippen LogP contribution >= 0.6 is 34.8 Å². The van der Waals surface area contributed by atoms with Gasteiger partial charge in [0, 0.05) is 34.8 Å². The predicted molar refractivity (Wildman–Crippen MR) is 132 cm³/mol. The molecular formula is C24H28Cl3N3. The fraction of sp³-hybridized carbons (Fsp3) is 0.375. The number of pyridine rings is 1. The first-order valence-corrected chi connectivity index (χ1v) is 11.5. The summed E-state index contributed by atoms with van der Waals surface area (Å²) >= 11 is 18.6. The van der Waals surface area contributed by atoms with Crippen molar-refractivity contribution in [2.45, 2.75) is 33.1 Å². The highest BCUT2D eigenvalue weighted by atomic mass is 35.5. The Bertz CT molecular complexity index is 1000. The summed E-state index contributed by atoms with van der Waals surface area (Å²) < 4.78 is 0. The van der Waals surface area contributed by atoms with Crippen molar-refractivity contribution in [1.29, 1.82) is 0 Å². The zero-order valence-electron chi connectivity index (χ0n) is 17.7. The lowest BCUT2D eigenvalue weighted by molar-refractivity contribution is 0.291. The van der Waals surface area contributed by atoms with Crippen LogP contribution in [0.5, 0.6) is 0 Å². The normalized spacial score (nSPS) is 12.5. The van der Waals surface area contributed by atoms with Gasteiger partial charge in [0.05, 0.1) is 15.6 Å². The second-order valence-electron chi connectivity index (χ2n) is 7.54. The molecule has 0 aliphatic heterocycles. The Morgan fingerprint density at radius 2 is 1.77 bits per heavy atom. The third-order valence-electron chi connectivity index (χ3n) is 5.65. The Balaban J connectivity index is 1.86. The largest absolute Gasteiger partial charge is 0.384 e. The van der Waals surface area contributed by atoms with Crippen LogP contribution in [-0.4, -0.2) is 36.1 Å². The van der Waals surface area contributed by atoms with Crippen molar-refractivity contribution in [1.82, 2.24) is 9.88 Å². The van der Waals surface area contributed by atoms with Crippen molar-refractivity contribution >= 4 is 51.4 Å². The van der Waals surface area contributed by atoms with E-state index in [0.29, 0.717) is 21.0 Å². The Kier molecular flexibility index (Phi) is 8.24. The highest BCUT2D eigenvalue weighted by Crippen LogP contribution is 2.31. The van der Waals surface area contributed by atoms with Crippen LogP contribution in [0.4, 0.5) is 5.69 Å². The molecule has 0 fully saturated rings. The van der Waals surface area contributed by atoms with Crippen molar-refractivity contribution in [3.8, 4) is 0 Å². The van der Waals surface area contributed by atoms with E-state index in [1.807, 2.05) is 36.5 Å². The Labute approximate surface area is 194 Å². The van der Waals surface area contributed by atoms with E-state index in [4.69, 9.17) is 34.8 Å². The van der Waals surface area contributed by atoms with E-state index in [2.05, 4.69) is 42.0 Å². The van der Waals surface area contributed by atoms with Crippen LogP contribution in [0.25, 0.3) is 10.9 Å². The fourth-order valence-electron chi connectivity index (χ4n) is 3.76. The van der Waals surface area contributed by atoms with E-state index in [1.165, 1.54) is 5.56 Å². The molecule has 3 rings (SSSR count). The van der Waals surface area contributed by atoms with Gasteiger partial charge in [-0.05, 0) is 74.4 Å². The minimum absolute atomic E-state index is 0.301. The molecule has 0 saturated carbocycles. The number of benzene rings is 2. The molecule has 0 aliphatic rings. The average molecular weight is 465 g/mol. The van der Waals surface area contributed by atoms with Gasteiger partial charge in [-0.1, -0.05) is 54.7 Å². The fourth-order valence-corrected chi connectivity index (χ4v) is 4.23. The van der Waals surface area contributed by atoms with Crippen LogP contribution in [0.2, 0.25) is 15.1 Å². The smallest absolute Gasteiger partial charge is 0.0737 e. The number of rotatable bonds is 9. The van der Waals surface area contributed by atoms with E-state index >= 15 is 0 Å². The molecule has 0 bridgehead atoms. The number of fused-ring (bicyclic) bond motifs is 1. The Morgan fingerprint density at radius 1 is 1.00 bits per heavy atom. The number of aryl methyl sites for hydroxylation is 1. The summed E-state index contributed by atoms with van der Waals surface area (Å²) in [5.41, 5.74) is 4.30. The van der Waals surface area contributed by atoms with Gasteiger partial charge in [-0.3, -0.25) is 4.98 Å². The van der Waals surface area contributed by atoms with E-state index in [1.54, 1.807) is 0 Å². The zero-order valence-corrected chi connectivity index (χ0v) is 20.0. The predicted octanol–water partition coefficient (Wildman–Crippen LogP) is 7.43. The average Bonchev–Trinajstić information content (AvgIpc) is 2.74. The van der Waals surface area contributed by atoms with Gasteiger partial charge in [-0.25, -0.2) is 0 Å². The lowest BCUT2D eigenvalue weighted by Gasteiger charge is -2.25. The van der Waals surface area contributed by atoms with Gasteiger partial charge in [0.25, 0.3) is 0 Å². The maximum atomic E-state index is 6.33. The van der Waals surface area contributed by atoms with Crippen LogP contribution in [0.3, 0.4) is 0 Å². The molecular weight excluding hydrogens is 437 g/mol. The topological polar surface area (TPSA) is 28.2 Å². The van der Waals surface area contributed by atoms with Gasteiger partial charge >= 0.3 is 0 Å². The van der Waals surface area contributed by atoms with Crippen molar-refractivity contribution in [3.05, 3.63) is 68.8 Å². The van der Waals surface area contributed by atoms with Crippen LogP contribution in [0, 0.1) is 6.92 Å². The van der Waals surface area contributed by atoms with Crippen molar-refractivity contribution in [2.24, 2.45) is 0 Å². The maximum Gasteiger partial charge on any atom is 0.0737 e. The number of hydrogen-bond donors (Lipinski definition) is 1. The summed E-state index contributed by atoms with van der Waals surface area (Å²) in [4.78, 5) is 6.97. The molecule has 0 amide bonds. The number of nitrogens with zero attached hydrogens (tertiary/aromatic N) is 2. The molecule has 1 N–H and O–H groups in total. The molecule has 160 valence electrons. The van der Waals surface area contributed by atoms with Gasteiger partial charge in [0.2, 0.25) is 0 Å². The SMILES string of the molecule is CCN(CC)CC[C@@H](CNc1c(C)cnc2cc(Cl)ccc12)c1ccc(Cl)c(Cl)c1. The molecule has 30 heavy (non-hydrogen) atoms. The summed E-state index contributed by atoms with van der Waals surface area (Å²) in [5.74, 6) is 0.301. The van der Waals surface area contributed by atoms with Crippen LogP contribution < -0.4 is 5.32 Å². The van der Waals surface area contributed by atoms with Crippen LogP contribution in [-0.2, 0) is 0 Å². The van der Waals surface area contributed by atoms with Gasteiger partial charge in [-0.2, -0.15) is 0 Å². The quantitative estimate of drug-likeness (QED) is 0.357. The van der Waals surface area contributed by atoms with Crippen LogP contribution in [0.15, 0.2) is 42.6 Å². The first kappa shape index (κ1) is 23.1. The summed E-state index contributed by atoms with van der Waals surface area (Å²) in [5, 5.41) is 6.65. The second-order valence-corrected chi connectivity index (χ2v) is 8.80. The number of hydrogen-bond acceptors (Lipinski definition) is 3. The Hall–Kier alpha value is -1.52. The van der Waals surface area contributed by atoms with Crippen molar-refractivity contribution < 1.29 is 0 Å². The summed E-state index contributed by atoms with van der Waals surface area (Å²) in [6.45, 7) is 10.4. The summed E-state index contributed by atoms with van der Waals surface area (Å²) in [6.07, 6.45) is 2.92. The number of aromatic nitrogens is 1. The molecule has 6 heteroatoms. The number of anilines is 1. The third-order valence-corrected chi connectivity index (χ3v) is 6.62. The molecule has 0 saturated heterocycles. The summed E-state index contributed by atoms with van der Waals surface area (Å²) in [6, 6.07) is 11.8. The van der Waals surface area contributed by atoms with Crippen molar-refractivity contribution in [3.63, 3.8) is 0 Å². The van der Waals surface area contributed by atoms with Gasteiger partial charge in [-0.15, -0.1) is 0 Å². The molecule has 2 aromatic carbocycles. The Morgan fingerprint density at radius 3 is 2.47 bits per heavy atom. The van der Waals surface area contributed by atoms with Gasteiger partial charge in [0.1, 0.15) is 0 Å². The van der Waals surface area contributed by atoms with Gasteiger partial charge < -0.3 is 10.2 Å². The summed E-state index contributed by atoms with van der Waals surface area (Å²) in [7, 11) is 0. The zero-order chi connectivity index (χ0) is 21.7. The molecule has 0 unspecified atom stereocenters. The monoisotopic (exact) mass is 463 g/mol. The van der Waals surface area contributed by atoms with Gasteiger partial charge in [0.15, 0.2) is 0 Å². The maximum absolute atomic E-state index is 6.33. The number of halogens is 3. The van der Waals surface area contributed by atoms with E-state index in [0.717, 1.165) is 54.8 Å². The van der Waals surface area contributed by atoms with E-state index in [9.17, 15) is 0 Å². The molecule has 1 aromatic heterocycles. The standard InChI is InChI=1S/C24H28Cl3N3/c1-4-30(5-2)11-10-18(17-6-9-21(26)22(27)12-17)15-29-24-16(3)14-28-23-13-19(25)7-8-20(23)24/h6-9,12-14,18H,4-5,10-11,15H2,1-3H3,(H,28,29)/t18-/m0/s1. The molecule has 3 aromatic rings. The molecule has 1 atom stereocenters. The van der Waals surface area contributed by atoms with E-state index in [-0.39, 0.29) is 0 Å². The third kappa shape index (κ3) is 5.59. The van der Waals surface area contributed by atoms with Crippen molar-refractivity contribution in [2.75, 3.05) is 31.5 Å². The lowest BCUT2D eigenvalue weighted by atomic mass is 9.95. The minimum atomic E-state index is 0.301. The highest BCUT2D eigenvalue weighted by molar-refractivity contribution is 6.42. The van der Waals surface area contributed by atoms with E-state index < -0.39 is 0 Å². The molecule has 1 heterocycles. The first-order chi connectivity index (χ1) is 14.4. The molecule has 3 nitrogen and oxygen atoms in total. The second kappa shape index (κ2) is 10.7. The molecule has 0 spiro atoms. The highest BCUT2D eigenvalue weighted by Gasteiger charge is 2.16. The minimum Gasteiger partial charge on any atom is -0.384 e. The first-order valence-electron chi connectivity index (χ1n) is 10.4. The molecule has 0 aliphatic carbocycles. The van der Waals surface area contributed by atoms with Crippen LogP contribution in [0.1, 0.15) is 37.3 Å². The number of nitrogens with one attached hydrogen (secondary N) is 1. The molecule has 0 radical (unpaired) electrons.